The van der Waals surface area contributed by atoms with E-state index in [-0.39, 0.29) is 23.4 Å². The van der Waals surface area contributed by atoms with Crippen molar-refractivity contribution in [2.75, 3.05) is 0 Å². The third-order valence-electron chi connectivity index (χ3n) is 3.29. The number of halogens is 3. The highest BCUT2D eigenvalue weighted by molar-refractivity contribution is 14.1. The molecule has 3 rings (SSSR count). The maximum atomic E-state index is 13.4. The lowest BCUT2D eigenvalue weighted by molar-refractivity contribution is 0.0642. The van der Waals surface area contributed by atoms with E-state index in [0.717, 1.165) is 8.47 Å². The van der Waals surface area contributed by atoms with Crippen molar-refractivity contribution in [1.29, 1.82) is 0 Å². The van der Waals surface area contributed by atoms with Gasteiger partial charge in [-0.3, -0.25) is 14.5 Å². The normalized spacial score (nSPS) is 13.8. The first-order valence-corrected chi connectivity index (χ1v) is 7.53. The molecule has 1 aliphatic heterocycles. The quantitative estimate of drug-likeness (QED) is 0.551. The summed E-state index contributed by atoms with van der Waals surface area (Å²) in [5.41, 5.74) is 1.15. The van der Waals surface area contributed by atoms with E-state index in [4.69, 9.17) is 11.6 Å². The Hall–Kier alpha value is -1.47. The van der Waals surface area contributed by atoms with Gasteiger partial charge in [-0.25, -0.2) is 4.39 Å². The summed E-state index contributed by atoms with van der Waals surface area (Å²) in [6.07, 6.45) is 0. The second-order valence-corrected chi connectivity index (χ2v) is 6.22. The van der Waals surface area contributed by atoms with Gasteiger partial charge < -0.3 is 0 Å². The zero-order valence-corrected chi connectivity index (χ0v) is 13.5. The first-order chi connectivity index (χ1) is 9.99. The maximum absolute atomic E-state index is 13.4. The van der Waals surface area contributed by atoms with Crippen LogP contribution < -0.4 is 0 Å². The van der Waals surface area contributed by atoms with Gasteiger partial charge in [-0.2, -0.15) is 0 Å². The molecule has 0 aromatic heterocycles. The van der Waals surface area contributed by atoms with Gasteiger partial charge in [0, 0.05) is 3.57 Å². The molecule has 2 aromatic carbocycles. The highest BCUT2D eigenvalue weighted by Crippen LogP contribution is 2.28. The minimum Gasteiger partial charge on any atom is -0.270 e. The highest BCUT2D eigenvalue weighted by Gasteiger charge is 2.35. The lowest BCUT2D eigenvalue weighted by atomic mass is 10.1. The third-order valence-corrected chi connectivity index (χ3v) is 4.39. The van der Waals surface area contributed by atoms with Crippen molar-refractivity contribution in [3.63, 3.8) is 0 Å². The van der Waals surface area contributed by atoms with Crippen LogP contribution in [0.1, 0.15) is 26.3 Å². The summed E-state index contributed by atoms with van der Waals surface area (Å²) < 4.78 is 14.3. The fourth-order valence-corrected chi connectivity index (χ4v) is 2.92. The molecule has 21 heavy (non-hydrogen) atoms. The molecule has 0 saturated carbocycles. The van der Waals surface area contributed by atoms with Crippen molar-refractivity contribution in [1.82, 2.24) is 4.90 Å². The topological polar surface area (TPSA) is 37.4 Å². The average Bonchev–Trinajstić information content (AvgIpc) is 2.68. The molecule has 0 saturated heterocycles. The minimum absolute atomic E-state index is 0.0421. The summed E-state index contributed by atoms with van der Waals surface area (Å²) in [6, 6.07) is 9.39. The molecule has 1 aliphatic rings. The standard InChI is InChI=1S/C15H8ClFINO2/c16-13-8(2-1-3-12(13)17)7-19-14(20)10-5-4-9(18)6-11(10)15(19)21/h1-6H,7H2. The van der Waals surface area contributed by atoms with Crippen LogP contribution in [0.25, 0.3) is 0 Å². The van der Waals surface area contributed by atoms with Crippen LogP contribution in [-0.4, -0.2) is 16.7 Å². The van der Waals surface area contributed by atoms with Crippen molar-refractivity contribution < 1.29 is 14.0 Å². The molecule has 106 valence electrons. The SMILES string of the molecule is O=C1c2ccc(I)cc2C(=O)N1Cc1cccc(F)c1Cl. The smallest absolute Gasteiger partial charge is 0.261 e. The summed E-state index contributed by atoms with van der Waals surface area (Å²) in [6.45, 7) is -0.0421. The van der Waals surface area contributed by atoms with Crippen LogP contribution in [0.3, 0.4) is 0 Å². The number of carbonyl (C=O) groups is 2. The second kappa shape index (κ2) is 5.38. The number of carbonyl (C=O) groups excluding carboxylic acids is 2. The van der Waals surface area contributed by atoms with Gasteiger partial charge in [-0.05, 0) is 52.4 Å². The van der Waals surface area contributed by atoms with Crippen LogP contribution in [0.5, 0.6) is 0 Å². The van der Waals surface area contributed by atoms with Gasteiger partial charge in [-0.1, -0.05) is 23.7 Å². The number of hydrogen-bond acceptors (Lipinski definition) is 2. The van der Waals surface area contributed by atoms with Crippen LogP contribution in [0, 0.1) is 9.39 Å². The highest BCUT2D eigenvalue weighted by atomic mass is 127. The van der Waals surface area contributed by atoms with Crippen molar-refractivity contribution >= 4 is 46.0 Å². The summed E-state index contributed by atoms with van der Waals surface area (Å²) in [5.74, 6) is -1.33. The van der Waals surface area contributed by atoms with Crippen LogP contribution in [0.4, 0.5) is 4.39 Å². The summed E-state index contributed by atoms with van der Waals surface area (Å²) >= 11 is 7.96. The number of rotatable bonds is 2. The van der Waals surface area contributed by atoms with E-state index in [1.165, 1.54) is 12.1 Å². The van der Waals surface area contributed by atoms with E-state index in [1.54, 1.807) is 24.3 Å². The second-order valence-electron chi connectivity index (χ2n) is 4.60. The molecule has 0 atom stereocenters. The van der Waals surface area contributed by atoms with Crippen LogP contribution in [0.2, 0.25) is 5.02 Å². The number of nitrogens with zero attached hydrogens (tertiary/aromatic N) is 1. The van der Waals surface area contributed by atoms with E-state index in [1.807, 2.05) is 0 Å². The third kappa shape index (κ3) is 2.44. The number of hydrogen-bond donors (Lipinski definition) is 0. The summed E-state index contributed by atoms with van der Waals surface area (Å²) in [5, 5.41) is -0.0661. The molecular weight excluding hydrogens is 408 g/mol. The molecule has 6 heteroatoms. The first kappa shape index (κ1) is 14.5. The average molecular weight is 416 g/mol. The zero-order chi connectivity index (χ0) is 15.1. The Labute approximate surface area is 138 Å². The largest absolute Gasteiger partial charge is 0.270 e. The molecule has 0 bridgehead atoms. The first-order valence-electron chi connectivity index (χ1n) is 6.07. The Morgan fingerprint density at radius 2 is 1.81 bits per heavy atom. The van der Waals surface area contributed by atoms with Crippen molar-refractivity contribution in [3.05, 3.63) is 67.5 Å². The van der Waals surface area contributed by atoms with Crippen molar-refractivity contribution in [2.45, 2.75) is 6.54 Å². The molecule has 0 fully saturated rings. The molecule has 0 radical (unpaired) electrons. The summed E-state index contributed by atoms with van der Waals surface area (Å²) in [4.78, 5) is 25.7. The number of imide groups is 1. The molecule has 3 nitrogen and oxygen atoms in total. The lowest BCUT2D eigenvalue weighted by Crippen LogP contribution is -2.29. The maximum Gasteiger partial charge on any atom is 0.261 e. The Balaban J connectivity index is 1.97. The van der Waals surface area contributed by atoms with Gasteiger partial charge in [0.05, 0.1) is 22.7 Å². The molecular formula is C15H8ClFINO2. The van der Waals surface area contributed by atoms with Gasteiger partial charge in [-0.15, -0.1) is 0 Å². The van der Waals surface area contributed by atoms with Crippen LogP contribution in [-0.2, 0) is 6.54 Å². The van der Waals surface area contributed by atoms with E-state index in [9.17, 15) is 14.0 Å². The molecule has 0 spiro atoms. The van der Waals surface area contributed by atoms with Gasteiger partial charge in [0.1, 0.15) is 5.82 Å². The summed E-state index contributed by atoms with van der Waals surface area (Å²) in [7, 11) is 0. The molecule has 2 aromatic rings. The Kier molecular flexibility index (Phi) is 3.71. The Morgan fingerprint density at radius 1 is 1.10 bits per heavy atom. The van der Waals surface area contributed by atoms with Crippen LogP contribution >= 0.6 is 34.2 Å². The van der Waals surface area contributed by atoms with E-state index < -0.39 is 5.82 Å². The van der Waals surface area contributed by atoms with Gasteiger partial charge >= 0.3 is 0 Å². The van der Waals surface area contributed by atoms with Gasteiger partial charge in [0.15, 0.2) is 0 Å². The lowest BCUT2D eigenvalue weighted by Gasteiger charge is -2.15. The minimum atomic E-state index is -0.569. The fourth-order valence-electron chi connectivity index (χ4n) is 2.25. The van der Waals surface area contributed by atoms with Gasteiger partial charge in [0.25, 0.3) is 11.8 Å². The fraction of sp³-hybridized carbons (Fsp3) is 0.0667. The van der Waals surface area contributed by atoms with Crippen molar-refractivity contribution in [2.24, 2.45) is 0 Å². The number of fused-ring (bicyclic) bond motifs is 1. The zero-order valence-electron chi connectivity index (χ0n) is 10.6. The van der Waals surface area contributed by atoms with E-state index in [2.05, 4.69) is 22.6 Å². The van der Waals surface area contributed by atoms with E-state index in [0.29, 0.717) is 16.7 Å². The predicted octanol–water partition coefficient (Wildman–Crippen LogP) is 3.88. The van der Waals surface area contributed by atoms with Crippen molar-refractivity contribution in [3.8, 4) is 0 Å². The molecule has 0 unspecified atom stereocenters. The molecule has 0 aliphatic carbocycles. The monoisotopic (exact) mass is 415 g/mol. The van der Waals surface area contributed by atoms with E-state index >= 15 is 0 Å². The molecule has 1 heterocycles. The van der Waals surface area contributed by atoms with Crippen LogP contribution in [0.15, 0.2) is 36.4 Å². The predicted molar refractivity (Wildman–Crippen MR) is 84.8 cm³/mol. The Bertz CT molecular complexity index is 778. The van der Waals surface area contributed by atoms with Gasteiger partial charge in [0.2, 0.25) is 0 Å². The number of benzene rings is 2. The molecule has 2 amide bonds. The molecule has 0 N–H and O–H groups in total. The number of amides is 2. The Morgan fingerprint density at radius 3 is 2.57 bits per heavy atom.